The Kier molecular flexibility index (Phi) is 5.22. The summed E-state index contributed by atoms with van der Waals surface area (Å²) in [6.07, 6.45) is 3.99. The summed E-state index contributed by atoms with van der Waals surface area (Å²) in [5.74, 6) is 0.419. The van der Waals surface area contributed by atoms with Crippen LogP contribution in [0.15, 0.2) is 0 Å². The van der Waals surface area contributed by atoms with Crippen molar-refractivity contribution in [3.63, 3.8) is 0 Å². The first kappa shape index (κ1) is 13.5. The van der Waals surface area contributed by atoms with Gasteiger partial charge in [0.25, 0.3) is 0 Å². The summed E-state index contributed by atoms with van der Waals surface area (Å²) in [5, 5.41) is 3.01. The Labute approximate surface area is 97.9 Å². The molecule has 4 heteroatoms. The SMILES string of the molecule is COCC(C)CC(=O)NCC1(CCN)CC1. The predicted molar refractivity (Wildman–Crippen MR) is 64.0 cm³/mol. The molecule has 16 heavy (non-hydrogen) atoms. The summed E-state index contributed by atoms with van der Waals surface area (Å²) in [6.45, 7) is 4.18. The third kappa shape index (κ3) is 4.49. The van der Waals surface area contributed by atoms with Crippen LogP contribution in [-0.4, -0.2) is 32.7 Å². The lowest BCUT2D eigenvalue weighted by Crippen LogP contribution is -2.32. The van der Waals surface area contributed by atoms with Gasteiger partial charge in [0.2, 0.25) is 5.91 Å². The monoisotopic (exact) mass is 228 g/mol. The van der Waals surface area contributed by atoms with Crippen LogP contribution < -0.4 is 11.1 Å². The van der Waals surface area contributed by atoms with Crippen LogP contribution in [0.5, 0.6) is 0 Å². The van der Waals surface area contributed by atoms with Gasteiger partial charge in [0.05, 0.1) is 0 Å². The predicted octanol–water partition coefficient (Wildman–Crippen LogP) is 0.904. The maximum Gasteiger partial charge on any atom is 0.220 e. The van der Waals surface area contributed by atoms with Crippen molar-refractivity contribution in [3.8, 4) is 0 Å². The molecule has 0 radical (unpaired) electrons. The van der Waals surface area contributed by atoms with E-state index in [4.69, 9.17) is 10.5 Å². The van der Waals surface area contributed by atoms with Gasteiger partial charge in [-0.2, -0.15) is 0 Å². The average molecular weight is 228 g/mol. The van der Waals surface area contributed by atoms with Crippen molar-refractivity contribution in [2.75, 3.05) is 26.8 Å². The fourth-order valence-corrected chi connectivity index (χ4v) is 2.02. The number of amides is 1. The van der Waals surface area contributed by atoms with Crippen molar-refractivity contribution in [2.45, 2.75) is 32.6 Å². The molecular weight excluding hydrogens is 204 g/mol. The van der Waals surface area contributed by atoms with Gasteiger partial charge in [-0.15, -0.1) is 0 Å². The lowest BCUT2D eigenvalue weighted by molar-refractivity contribution is -0.122. The van der Waals surface area contributed by atoms with E-state index >= 15 is 0 Å². The van der Waals surface area contributed by atoms with Crippen LogP contribution in [0.1, 0.15) is 32.6 Å². The van der Waals surface area contributed by atoms with Gasteiger partial charge in [0.15, 0.2) is 0 Å². The van der Waals surface area contributed by atoms with Crippen LogP contribution in [0.3, 0.4) is 0 Å². The molecule has 0 bridgehead atoms. The Bertz CT molecular complexity index is 227. The number of nitrogens with one attached hydrogen (secondary N) is 1. The minimum atomic E-state index is 0.132. The largest absolute Gasteiger partial charge is 0.384 e. The summed E-state index contributed by atoms with van der Waals surface area (Å²) in [7, 11) is 1.66. The highest BCUT2D eigenvalue weighted by molar-refractivity contribution is 5.76. The Morgan fingerprint density at radius 1 is 1.56 bits per heavy atom. The second-order valence-corrected chi connectivity index (χ2v) is 5.08. The minimum absolute atomic E-state index is 0.132. The third-order valence-electron chi connectivity index (χ3n) is 3.28. The van der Waals surface area contributed by atoms with E-state index in [0.717, 1.165) is 19.5 Å². The number of hydrogen-bond donors (Lipinski definition) is 2. The minimum Gasteiger partial charge on any atom is -0.384 e. The van der Waals surface area contributed by atoms with Gasteiger partial charge < -0.3 is 15.8 Å². The summed E-state index contributed by atoms with van der Waals surface area (Å²) in [5.41, 5.74) is 5.88. The smallest absolute Gasteiger partial charge is 0.220 e. The van der Waals surface area contributed by atoms with E-state index < -0.39 is 0 Å². The first-order valence-corrected chi connectivity index (χ1v) is 6.07. The molecule has 1 aliphatic rings. The maximum atomic E-state index is 11.6. The second kappa shape index (κ2) is 6.21. The summed E-state index contributed by atoms with van der Waals surface area (Å²) in [4.78, 5) is 11.6. The van der Waals surface area contributed by atoms with Crippen LogP contribution in [0.4, 0.5) is 0 Å². The molecule has 1 fully saturated rings. The lowest BCUT2D eigenvalue weighted by Gasteiger charge is -2.16. The van der Waals surface area contributed by atoms with Gasteiger partial charge in [-0.1, -0.05) is 6.92 Å². The Hall–Kier alpha value is -0.610. The average Bonchev–Trinajstić information content (AvgIpc) is 2.97. The Morgan fingerprint density at radius 2 is 2.25 bits per heavy atom. The van der Waals surface area contributed by atoms with E-state index in [2.05, 4.69) is 5.32 Å². The zero-order valence-electron chi connectivity index (χ0n) is 10.4. The first-order valence-electron chi connectivity index (χ1n) is 6.07. The van der Waals surface area contributed by atoms with Gasteiger partial charge in [-0.25, -0.2) is 0 Å². The molecule has 0 aliphatic heterocycles. The van der Waals surface area contributed by atoms with Crippen molar-refractivity contribution < 1.29 is 9.53 Å². The molecule has 1 amide bonds. The first-order chi connectivity index (χ1) is 7.62. The fraction of sp³-hybridized carbons (Fsp3) is 0.917. The molecule has 1 rings (SSSR count). The number of carbonyl (C=O) groups is 1. The number of carbonyl (C=O) groups excluding carboxylic acids is 1. The molecule has 0 saturated heterocycles. The summed E-state index contributed by atoms with van der Waals surface area (Å²) >= 11 is 0. The van der Waals surface area contributed by atoms with E-state index in [1.54, 1.807) is 7.11 Å². The molecule has 1 saturated carbocycles. The lowest BCUT2D eigenvalue weighted by atomic mass is 10.0. The van der Waals surface area contributed by atoms with Crippen molar-refractivity contribution >= 4 is 5.91 Å². The van der Waals surface area contributed by atoms with Gasteiger partial charge >= 0.3 is 0 Å². The molecule has 1 atom stereocenters. The highest BCUT2D eigenvalue weighted by atomic mass is 16.5. The van der Waals surface area contributed by atoms with Crippen LogP contribution in [0, 0.1) is 11.3 Å². The topological polar surface area (TPSA) is 64.3 Å². The normalized spacial score (nSPS) is 19.2. The highest BCUT2D eigenvalue weighted by Crippen LogP contribution is 2.47. The van der Waals surface area contributed by atoms with Crippen molar-refractivity contribution in [1.29, 1.82) is 0 Å². The van der Waals surface area contributed by atoms with E-state index in [1.165, 1.54) is 12.8 Å². The van der Waals surface area contributed by atoms with Crippen LogP contribution in [0.2, 0.25) is 0 Å². The maximum absolute atomic E-state index is 11.6. The zero-order valence-corrected chi connectivity index (χ0v) is 10.4. The molecule has 94 valence electrons. The van der Waals surface area contributed by atoms with Gasteiger partial charge in [0.1, 0.15) is 0 Å². The van der Waals surface area contributed by atoms with Gasteiger partial charge in [-0.3, -0.25) is 4.79 Å². The molecular formula is C12H24N2O2. The molecule has 0 heterocycles. The number of hydrogen-bond acceptors (Lipinski definition) is 3. The van der Waals surface area contributed by atoms with Crippen LogP contribution >= 0.6 is 0 Å². The third-order valence-corrected chi connectivity index (χ3v) is 3.28. The van der Waals surface area contributed by atoms with Gasteiger partial charge in [-0.05, 0) is 37.1 Å². The Balaban J connectivity index is 2.15. The quantitative estimate of drug-likeness (QED) is 0.649. The molecule has 0 spiro atoms. The van der Waals surface area contributed by atoms with Gasteiger partial charge in [0, 0.05) is 26.7 Å². The van der Waals surface area contributed by atoms with Crippen molar-refractivity contribution in [3.05, 3.63) is 0 Å². The highest BCUT2D eigenvalue weighted by Gasteiger charge is 2.41. The molecule has 4 nitrogen and oxygen atoms in total. The van der Waals surface area contributed by atoms with E-state index in [1.807, 2.05) is 6.92 Å². The number of methoxy groups -OCH3 is 1. The summed E-state index contributed by atoms with van der Waals surface area (Å²) < 4.78 is 5.00. The number of ether oxygens (including phenoxy) is 1. The number of nitrogens with two attached hydrogens (primary N) is 1. The molecule has 0 aromatic carbocycles. The molecule has 3 N–H and O–H groups in total. The Morgan fingerprint density at radius 3 is 2.75 bits per heavy atom. The van der Waals surface area contributed by atoms with Crippen molar-refractivity contribution in [1.82, 2.24) is 5.32 Å². The number of rotatable bonds is 8. The molecule has 1 aliphatic carbocycles. The van der Waals surface area contributed by atoms with Crippen LogP contribution in [-0.2, 0) is 9.53 Å². The summed E-state index contributed by atoms with van der Waals surface area (Å²) in [6, 6.07) is 0. The van der Waals surface area contributed by atoms with E-state index in [-0.39, 0.29) is 11.8 Å². The second-order valence-electron chi connectivity index (χ2n) is 5.08. The van der Waals surface area contributed by atoms with Crippen LogP contribution in [0.25, 0.3) is 0 Å². The standard InChI is InChI=1S/C12H24N2O2/c1-10(8-16-2)7-11(15)14-9-12(3-4-12)5-6-13/h10H,3-9,13H2,1-2H3,(H,14,15). The van der Waals surface area contributed by atoms with E-state index in [0.29, 0.717) is 18.4 Å². The van der Waals surface area contributed by atoms with Crippen molar-refractivity contribution in [2.24, 2.45) is 17.1 Å². The molecule has 0 aromatic rings. The molecule has 1 unspecified atom stereocenters. The van der Waals surface area contributed by atoms with E-state index in [9.17, 15) is 4.79 Å². The zero-order chi connectivity index (χ0) is 12.0. The molecule has 0 aromatic heterocycles. The fourth-order valence-electron chi connectivity index (χ4n) is 2.02.